The Morgan fingerprint density at radius 3 is 2.00 bits per heavy atom. The molecule has 0 amide bonds. The van der Waals surface area contributed by atoms with Gasteiger partial charge in [0.25, 0.3) is 0 Å². The number of halogens is 5. The lowest BCUT2D eigenvalue weighted by molar-refractivity contribution is -0.111. The van der Waals surface area contributed by atoms with Crippen molar-refractivity contribution in [3.8, 4) is 0 Å². The molecule has 0 spiro atoms. The average Bonchev–Trinajstić information content (AvgIpc) is 2.16. The Morgan fingerprint density at radius 2 is 1.53 bits per heavy atom. The van der Waals surface area contributed by atoms with E-state index < -0.39 is 24.3 Å². The first-order valence-electron chi connectivity index (χ1n) is 4.06. The van der Waals surface area contributed by atoms with E-state index in [1.54, 1.807) is 6.07 Å². The number of benzene rings is 1. The molecule has 0 aromatic heterocycles. The molecule has 0 radical (unpaired) electrons. The molecule has 0 aliphatic carbocycles. The van der Waals surface area contributed by atoms with Gasteiger partial charge < -0.3 is 0 Å². The minimum atomic E-state index is -5.25. The van der Waals surface area contributed by atoms with Gasteiger partial charge in [0.2, 0.25) is 5.83 Å². The van der Waals surface area contributed by atoms with Crippen molar-refractivity contribution in [1.82, 2.24) is 0 Å². The molecule has 0 atom stereocenters. The predicted octanol–water partition coefficient (Wildman–Crippen LogP) is 3.94. The highest BCUT2D eigenvalue weighted by atomic mass is 19.4. The maximum Gasteiger partial charge on any atom is 0.445 e. The first kappa shape index (κ1) is 11.7. The van der Waals surface area contributed by atoms with Crippen LogP contribution >= 0.6 is 0 Å². The van der Waals surface area contributed by atoms with Crippen LogP contribution in [0.15, 0.2) is 42.0 Å². The highest BCUT2D eigenvalue weighted by Crippen LogP contribution is 2.30. The fourth-order valence-corrected chi connectivity index (χ4v) is 1.01. The normalized spacial score (nSPS) is 13.7. The van der Waals surface area contributed by atoms with E-state index in [2.05, 4.69) is 0 Å². The highest BCUT2D eigenvalue weighted by molar-refractivity contribution is 5.21. The van der Waals surface area contributed by atoms with Crippen LogP contribution in [0.2, 0.25) is 0 Å². The summed E-state index contributed by atoms with van der Waals surface area (Å²) < 4.78 is 60.3. The Labute approximate surface area is 83.0 Å². The van der Waals surface area contributed by atoms with Crippen molar-refractivity contribution >= 4 is 0 Å². The van der Waals surface area contributed by atoms with Crippen molar-refractivity contribution in [3.05, 3.63) is 47.5 Å². The monoisotopic (exact) mass is 222 g/mol. The number of rotatable bonds is 2. The van der Waals surface area contributed by atoms with Crippen LogP contribution in [0, 0.1) is 0 Å². The van der Waals surface area contributed by atoms with Crippen molar-refractivity contribution in [2.75, 3.05) is 0 Å². The number of alkyl halides is 3. The van der Waals surface area contributed by atoms with E-state index >= 15 is 0 Å². The molecular formula is C10H7F5. The fraction of sp³-hybridized carbons (Fsp3) is 0.200. The standard InChI is InChI=1S/C10H7F5/c11-8(9(12)10(13,14)15)6-7-4-2-1-3-5-7/h1-5H,6H2/b9-8+. The number of hydrogen-bond acceptors (Lipinski definition) is 0. The summed E-state index contributed by atoms with van der Waals surface area (Å²) >= 11 is 0. The molecule has 5 heteroatoms. The van der Waals surface area contributed by atoms with Crippen LogP contribution in [0.25, 0.3) is 0 Å². The Hall–Kier alpha value is -1.39. The van der Waals surface area contributed by atoms with Gasteiger partial charge in [-0.2, -0.15) is 17.6 Å². The van der Waals surface area contributed by atoms with Gasteiger partial charge in [-0.15, -0.1) is 0 Å². The third-order valence-corrected chi connectivity index (χ3v) is 1.69. The summed E-state index contributed by atoms with van der Waals surface area (Å²) in [5.41, 5.74) is 0.286. The van der Waals surface area contributed by atoms with E-state index in [4.69, 9.17) is 0 Å². The van der Waals surface area contributed by atoms with Crippen LogP contribution in [0.3, 0.4) is 0 Å². The van der Waals surface area contributed by atoms with Gasteiger partial charge in [0.1, 0.15) is 5.83 Å². The van der Waals surface area contributed by atoms with E-state index in [1.165, 1.54) is 24.3 Å². The average molecular weight is 222 g/mol. The Morgan fingerprint density at radius 1 is 1.00 bits per heavy atom. The molecule has 15 heavy (non-hydrogen) atoms. The van der Waals surface area contributed by atoms with Gasteiger partial charge in [-0.25, -0.2) is 4.39 Å². The van der Waals surface area contributed by atoms with Crippen molar-refractivity contribution in [2.24, 2.45) is 0 Å². The van der Waals surface area contributed by atoms with Crippen molar-refractivity contribution in [1.29, 1.82) is 0 Å². The summed E-state index contributed by atoms with van der Waals surface area (Å²) in [6.45, 7) is 0. The molecule has 0 nitrogen and oxygen atoms in total. The lowest BCUT2D eigenvalue weighted by atomic mass is 10.1. The molecule has 0 aliphatic rings. The van der Waals surface area contributed by atoms with Crippen molar-refractivity contribution < 1.29 is 22.0 Å². The lowest BCUT2D eigenvalue weighted by Gasteiger charge is -2.05. The van der Waals surface area contributed by atoms with Gasteiger partial charge in [-0.3, -0.25) is 0 Å². The molecule has 0 aliphatic heterocycles. The molecule has 0 unspecified atom stereocenters. The third-order valence-electron chi connectivity index (χ3n) is 1.69. The minimum Gasteiger partial charge on any atom is -0.208 e. The largest absolute Gasteiger partial charge is 0.445 e. The minimum absolute atomic E-state index is 0.286. The van der Waals surface area contributed by atoms with Crippen molar-refractivity contribution in [3.63, 3.8) is 0 Å². The smallest absolute Gasteiger partial charge is 0.208 e. The molecule has 0 saturated carbocycles. The van der Waals surface area contributed by atoms with E-state index in [-0.39, 0.29) is 5.56 Å². The molecule has 1 aromatic carbocycles. The summed E-state index contributed by atoms with van der Waals surface area (Å²) in [4.78, 5) is 0. The second-order valence-corrected chi connectivity index (χ2v) is 2.88. The fourth-order valence-electron chi connectivity index (χ4n) is 1.01. The van der Waals surface area contributed by atoms with Gasteiger partial charge in [-0.1, -0.05) is 30.3 Å². The molecule has 0 saturated heterocycles. The highest BCUT2D eigenvalue weighted by Gasteiger charge is 2.37. The zero-order valence-corrected chi connectivity index (χ0v) is 7.48. The summed E-state index contributed by atoms with van der Waals surface area (Å²) in [7, 11) is 0. The zero-order chi connectivity index (χ0) is 11.5. The molecule has 0 heterocycles. The van der Waals surface area contributed by atoms with Gasteiger partial charge in [0, 0.05) is 6.42 Å². The van der Waals surface area contributed by atoms with Gasteiger partial charge in [-0.05, 0) is 5.56 Å². The molecule has 0 bridgehead atoms. The Bertz CT molecular complexity index is 350. The van der Waals surface area contributed by atoms with E-state index in [1.807, 2.05) is 0 Å². The van der Waals surface area contributed by atoms with Crippen LogP contribution in [-0.4, -0.2) is 6.18 Å². The molecule has 1 rings (SSSR count). The summed E-state index contributed by atoms with van der Waals surface area (Å²) in [5.74, 6) is -4.46. The topological polar surface area (TPSA) is 0 Å². The number of hydrogen-bond donors (Lipinski definition) is 0. The Balaban J connectivity index is 2.84. The van der Waals surface area contributed by atoms with Gasteiger partial charge in [0.15, 0.2) is 0 Å². The van der Waals surface area contributed by atoms with E-state index in [9.17, 15) is 22.0 Å². The summed E-state index contributed by atoms with van der Waals surface area (Å²) in [5, 5.41) is 0. The van der Waals surface area contributed by atoms with Gasteiger partial charge in [0.05, 0.1) is 0 Å². The molecule has 1 aromatic rings. The maximum atomic E-state index is 12.8. The second kappa shape index (κ2) is 4.42. The van der Waals surface area contributed by atoms with Crippen LogP contribution in [0.5, 0.6) is 0 Å². The first-order chi connectivity index (χ1) is 6.91. The third kappa shape index (κ3) is 3.34. The predicted molar refractivity (Wildman–Crippen MR) is 45.4 cm³/mol. The van der Waals surface area contributed by atoms with Crippen molar-refractivity contribution in [2.45, 2.75) is 12.6 Å². The van der Waals surface area contributed by atoms with Gasteiger partial charge >= 0.3 is 6.18 Å². The van der Waals surface area contributed by atoms with Crippen LogP contribution in [0.1, 0.15) is 5.56 Å². The molecular weight excluding hydrogens is 215 g/mol. The molecule has 82 valence electrons. The maximum absolute atomic E-state index is 12.8. The van der Waals surface area contributed by atoms with Crippen LogP contribution in [-0.2, 0) is 6.42 Å². The number of allylic oxidation sites excluding steroid dienone is 2. The van der Waals surface area contributed by atoms with E-state index in [0.717, 1.165) is 0 Å². The first-order valence-corrected chi connectivity index (χ1v) is 4.06. The zero-order valence-electron chi connectivity index (χ0n) is 7.48. The SMILES string of the molecule is F/C(Cc1ccccc1)=C(/F)C(F)(F)F. The Kier molecular flexibility index (Phi) is 3.44. The van der Waals surface area contributed by atoms with Crippen LogP contribution in [0.4, 0.5) is 22.0 Å². The summed E-state index contributed by atoms with van der Waals surface area (Å²) in [6.07, 6.45) is -5.94. The molecule has 0 fully saturated rings. The lowest BCUT2D eigenvalue weighted by Crippen LogP contribution is -2.10. The second-order valence-electron chi connectivity index (χ2n) is 2.88. The molecule has 0 N–H and O–H groups in total. The quantitative estimate of drug-likeness (QED) is 0.665. The summed E-state index contributed by atoms with van der Waals surface area (Å²) in [6, 6.07) is 7.54. The van der Waals surface area contributed by atoms with Crippen LogP contribution < -0.4 is 0 Å². The van der Waals surface area contributed by atoms with E-state index in [0.29, 0.717) is 0 Å².